The predicted octanol–water partition coefficient (Wildman–Crippen LogP) is 7.88. The summed E-state index contributed by atoms with van der Waals surface area (Å²) in [5.41, 5.74) is 6.23. The van der Waals surface area contributed by atoms with Crippen molar-refractivity contribution in [1.29, 1.82) is 0 Å². The minimum atomic E-state index is 0.762. The second kappa shape index (κ2) is 8.53. The Kier molecular flexibility index (Phi) is 5.47. The molecule has 0 spiro atoms. The van der Waals surface area contributed by atoms with Gasteiger partial charge in [0, 0.05) is 17.3 Å². The average molecular weight is 382 g/mol. The first-order chi connectivity index (χ1) is 14.3. The van der Waals surface area contributed by atoms with Crippen molar-refractivity contribution in [1.82, 2.24) is 4.98 Å². The zero-order valence-corrected chi connectivity index (χ0v) is 17.3. The fourth-order valence-corrected chi connectivity index (χ4v) is 5.62. The van der Waals surface area contributed by atoms with Crippen LogP contribution in [0.5, 0.6) is 0 Å². The lowest BCUT2D eigenvalue weighted by atomic mass is 9.71. The number of pyridine rings is 1. The van der Waals surface area contributed by atoms with Crippen LogP contribution in [0.1, 0.15) is 62.8 Å². The molecule has 0 amide bonds. The van der Waals surface area contributed by atoms with E-state index >= 15 is 0 Å². The molecule has 3 fully saturated rings. The van der Waals surface area contributed by atoms with E-state index in [1.165, 1.54) is 68.1 Å². The van der Waals surface area contributed by atoms with Crippen molar-refractivity contribution in [3.8, 4) is 22.4 Å². The molecule has 29 heavy (non-hydrogen) atoms. The second-order valence-electron chi connectivity index (χ2n) is 9.18. The van der Waals surface area contributed by atoms with Crippen LogP contribution in [-0.2, 0) is 0 Å². The Bertz CT molecular complexity index is 887. The lowest BCUT2D eigenvalue weighted by Crippen LogP contribution is -2.20. The van der Waals surface area contributed by atoms with Crippen LogP contribution < -0.4 is 0 Å². The maximum absolute atomic E-state index is 4.70. The molecule has 3 saturated carbocycles. The molecule has 1 nitrogen and oxygen atoms in total. The van der Waals surface area contributed by atoms with E-state index in [4.69, 9.17) is 4.98 Å². The summed E-state index contributed by atoms with van der Waals surface area (Å²) in [5, 5.41) is 0. The van der Waals surface area contributed by atoms with Gasteiger partial charge in [0.2, 0.25) is 0 Å². The normalized spacial score (nSPS) is 24.5. The highest BCUT2D eigenvalue weighted by Gasteiger charge is 2.27. The molecule has 2 aromatic carbocycles. The van der Waals surface area contributed by atoms with Crippen molar-refractivity contribution in [2.45, 2.75) is 57.3 Å². The number of benzene rings is 2. The van der Waals surface area contributed by atoms with Gasteiger partial charge < -0.3 is 0 Å². The molecule has 0 aliphatic heterocycles. The monoisotopic (exact) mass is 381 g/mol. The summed E-state index contributed by atoms with van der Waals surface area (Å²) in [5.74, 6) is 2.67. The zero-order valence-electron chi connectivity index (χ0n) is 17.3. The first-order valence-electron chi connectivity index (χ1n) is 11.5. The van der Waals surface area contributed by atoms with Gasteiger partial charge in [-0.3, -0.25) is 4.98 Å². The van der Waals surface area contributed by atoms with Crippen LogP contribution in [0.15, 0.2) is 72.9 Å². The molecule has 1 aromatic heterocycles. The summed E-state index contributed by atoms with van der Waals surface area (Å²) in [6.45, 7) is 0. The largest absolute Gasteiger partial charge is 0.256 e. The van der Waals surface area contributed by atoms with E-state index in [-0.39, 0.29) is 0 Å². The van der Waals surface area contributed by atoms with Crippen LogP contribution in [0, 0.1) is 11.8 Å². The number of hydrogen-bond acceptors (Lipinski definition) is 1. The van der Waals surface area contributed by atoms with E-state index in [2.05, 4.69) is 60.7 Å². The van der Waals surface area contributed by atoms with Crippen LogP contribution in [-0.4, -0.2) is 4.98 Å². The van der Waals surface area contributed by atoms with Crippen molar-refractivity contribution in [2.75, 3.05) is 0 Å². The minimum Gasteiger partial charge on any atom is -0.256 e. The fourth-order valence-electron chi connectivity index (χ4n) is 5.62. The topological polar surface area (TPSA) is 12.9 Å². The van der Waals surface area contributed by atoms with Gasteiger partial charge in [-0.25, -0.2) is 0 Å². The molecule has 1 heteroatoms. The summed E-state index contributed by atoms with van der Waals surface area (Å²) in [6.07, 6.45) is 13.6. The van der Waals surface area contributed by atoms with E-state index < -0.39 is 0 Å². The van der Waals surface area contributed by atoms with Gasteiger partial charge in [-0.2, -0.15) is 0 Å². The zero-order chi connectivity index (χ0) is 19.5. The maximum Gasteiger partial charge on any atom is 0.0702 e. The fraction of sp³-hybridized carbons (Fsp3) is 0.393. The molecule has 0 unspecified atom stereocenters. The average Bonchev–Trinajstić information content (AvgIpc) is 2.74. The third kappa shape index (κ3) is 4.29. The summed E-state index contributed by atoms with van der Waals surface area (Å²) < 4.78 is 0. The molecule has 0 saturated heterocycles. The highest BCUT2D eigenvalue weighted by Crippen LogP contribution is 2.42. The molecular formula is C28H31N. The van der Waals surface area contributed by atoms with Crippen molar-refractivity contribution in [3.63, 3.8) is 0 Å². The number of hydrogen-bond donors (Lipinski definition) is 0. The predicted molar refractivity (Wildman–Crippen MR) is 122 cm³/mol. The Morgan fingerprint density at radius 3 is 1.79 bits per heavy atom. The Morgan fingerprint density at radius 1 is 0.586 bits per heavy atom. The van der Waals surface area contributed by atoms with Crippen LogP contribution >= 0.6 is 0 Å². The molecule has 1 heterocycles. The number of fused-ring (bicyclic) bond motifs is 6. The molecule has 0 radical (unpaired) electrons. The van der Waals surface area contributed by atoms with Gasteiger partial charge in [-0.05, 0) is 47.8 Å². The van der Waals surface area contributed by atoms with Gasteiger partial charge in [0.15, 0.2) is 0 Å². The SMILES string of the molecule is c1ccc(-c2ccc(-c3ccc(C4CC5CCCC(CCC5)C4)cc3)cn2)cc1. The van der Waals surface area contributed by atoms with Gasteiger partial charge in [-0.1, -0.05) is 99.2 Å². The third-order valence-corrected chi connectivity index (χ3v) is 7.23. The summed E-state index contributed by atoms with van der Waals surface area (Å²) in [6, 6.07) is 24.1. The van der Waals surface area contributed by atoms with Crippen molar-refractivity contribution in [2.24, 2.45) is 11.8 Å². The van der Waals surface area contributed by atoms with E-state index in [9.17, 15) is 0 Å². The van der Waals surface area contributed by atoms with E-state index in [1.807, 2.05) is 12.3 Å². The van der Waals surface area contributed by atoms with Crippen LogP contribution in [0.2, 0.25) is 0 Å². The number of aromatic nitrogens is 1. The Labute approximate surface area is 175 Å². The lowest BCUT2D eigenvalue weighted by Gasteiger charge is -2.34. The molecule has 3 aliphatic rings. The minimum absolute atomic E-state index is 0.762. The van der Waals surface area contributed by atoms with Gasteiger partial charge in [0.1, 0.15) is 0 Å². The standard InChI is InChI=1S/C28H31N/c1-2-10-25(11-3-1)28-17-16-26(20-29-28)23-12-14-24(15-13-23)27-18-21-6-4-7-22(19-27)9-5-8-21/h1-3,10-17,20-22,27H,4-9,18-19H2. The molecular weight excluding hydrogens is 350 g/mol. The molecule has 2 bridgehead atoms. The van der Waals surface area contributed by atoms with Gasteiger partial charge in [0.25, 0.3) is 0 Å². The second-order valence-corrected chi connectivity index (χ2v) is 9.18. The smallest absolute Gasteiger partial charge is 0.0702 e. The molecule has 3 aromatic rings. The summed E-state index contributed by atoms with van der Waals surface area (Å²) >= 11 is 0. The quantitative estimate of drug-likeness (QED) is 0.449. The van der Waals surface area contributed by atoms with Gasteiger partial charge >= 0.3 is 0 Å². The Balaban J connectivity index is 1.33. The molecule has 148 valence electrons. The first-order valence-corrected chi connectivity index (χ1v) is 11.5. The molecule has 0 atom stereocenters. The van der Waals surface area contributed by atoms with E-state index in [1.54, 1.807) is 5.56 Å². The van der Waals surface area contributed by atoms with Gasteiger partial charge in [-0.15, -0.1) is 0 Å². The first kappa shape index (κ1) is 18.6. The molecule has 6 rings (SSSR count). The van der Waals surface area contributed by atoms with E-state index in [0.717, 1.165) is 23.4 Å². The molecule has 0 N–H and O–H groups in total. The van der Waals surface area contributed by atoms with Crippen molar-refractivity contribution in [3.05, 3.63) is 78.5 Å². The maximum atomic E-state index is 4.70. The number of nitrogens with zero attached hydrogens (tertiary/aromatic N) is 1. The Morgan fingerprint density at radius 2 is 1.21 bits per heavy atom. The lowest BCUT2D eigenvalue weighted by molar-refractivity contribution is 0.226. The highest BCUT2D eigenvalue weighted by atomic mass is 14.7. The third-order valence-electron chi connectivity index (χ3n) is 7.23. The van der Waals surface area contributed by atoms with E-state index in [0.29, 0.717) is 0 Å². The highest BCUT2D eigenvalue weighted by molar-refractivity contribution is 5.67. The molecule has 3 aliphatic carbocycles. The van der Waals surface area contributed by atoms with Crippen molar-refractivity contribution < 1.29 is 0 Å². The van der Waals surface area contributed by atoms with Crippen LogP contribution in [0.4, 0.5) is 0 Å². The van der Waals surface area contributed by atoms with Crippen molar-refractivity contribution >= 4 is 0 Å². The van der Waals surface area contributed by atoms with Crippen LogP contribution in [0.25, 0.3) is 22.4 Å². The Hall–Kier alpha value is -2.41. The summed E-state index contributed by atoms with van der Waals surface area (Å²) in [4.78, 5) is 4.70. The summed E-state index contributed by atoms with van der Waals surface area (Å²) in [7, 11) is 0. The van der Waals surface area contributed by atoms with Crippen LogP contribution in [0.3, 0.4) is 0 Å². The number of rotatable bonds is 3. The van der Waals surface area contributed by atoms with Gasteiger partial charge in [0.05, 0.1) is 5.69 Å².